The van der Waals surface area contributed by atoms with E-state index in [1.165, 1.54) is 6.07 Å². The number of amides is 1. The van der Waals surface area contributed by atoms with Crippen molar-refractivity contribution in [2.24, 2.45) is 0 Å². The summed E-state index contributed by atoms with van der Waals surface area (Å²) in [5.74, 6) is -0.382. The van der Waals surface area contributed by atoms with Crippen LogP contribution in [0.1, 0.15) is 47.3 Å². The molecular weight excluding hydrogens is 473 g/mol. The van der Waals surface area contributed by atoms with Crippen LogP contribution < -0.4 is 5.32 Å². The van der Waals surface area contributed by atoms with Crippen molar-refractivity contribution in [2.75, 3.05) is 19.8 Å². The first-order valence-electron chi connectivity index (χ1n) is 11.4. The van der Waals surface area contributed by atoms with E-state index in [1.54, 1.807) is 17.6 Å². The SMILES string of the molecule is Cc1c(C(=O)N[C@@H]2CCCC[C@H]2O)cc(-c2cc(C(F)(F)F)ccc2Cl)n1CC1COCCO1. The van der Waals surface area contributed by atoms with E-state index in [-0.39, 0.29) is 35.2 Å². The Bertz CT molecular complexity index is 1030. The van der Waals surface area contributed by atoms with Crippen molar-refractivity contribution in [1.82, 2.24) is 9.88 Å². The molecule has 1 aromatic carbocycles. The molecule has 0 radical (unpaired) electrons. The Labute approximate surface area is 201 Å². The van der Waals surface area contributed by atoms with Gasteiger partial charge in [-0.2, -0.15) is 13.2 Å². The summed E-state index contributed by atoms with van der Waals surface area (Å²) < 4.78 is 53.3. The third-order valence-electron chi connectivity index (χ3n) is 6.50. The van der Waals surface area contributed by atoms with Crippen molar-refractivity contribution in [3.05, 3.63) is 46.1 Å². The number of aromatic nitrogens is 1. The number of carbonyl (C=O) groups is 1. The molecule has 2 fully saturated rings. The second kappa shape index (κ2) is 10.3. The highest BCUT2D eigenvalue weighted by Crippen LogP contribution is 2.37. The molecule has 4 rings (SSSR count). The predicted molar refractivity (Wildman–Crippen MR) is 121 cm³/mol. The number of alkyl halides is 3. The first kappa shape index (κ1) is 25.0. The van der Waals surface area contributed by atoms with Crippen molar-refractivity contribution in [3.8, 4) is 11.3 Å². The van der Waals surface area contributed by atoms with Gasteiger partial charge in [0.2, 0.25) is 0 Å². The minimum atomic E-state index is -4.54. The molecule has 1 aromatic heterocycles. The quantitative estimate of drug-likeness (QED) is 0.630. The number of ether oxygens (including phenoxy) is 2. The zero-order valence-corrected chi connectivity index (χ0v) is 19.6. The second-order valence-electron chi connectivity index (χ2n) is 8.83. The summed E-state index contributed by atoms with van der Waals surface area (Å²) in [5.41, 5.74) is 0.620. The van der Waals surface area contributed by atoms with Crippen LogP contribution in [0, 0.1) is 6.92 Å². The van der Waals surface area contributed by atoms with Crippen LogP contribution in [0.4, 0.5) is 13.2 Å². The second-order valence-corrected chi connectivity index (χ2v) is 9.24. The fraction of sp³-hybridized carbons (Fsp3) is 0.542. The molecule has 0 spiro atoms. The molecule has 10 heteroatoms. The molecule has 2 N–H and O–H groups in total. The molecule has 1 aliphatic carbocycles. The molecule has 3 atom stereocenters. The van der Waals surface area contributed by atoms with Crippen LogP contribution in [0.2, 0.25) is 5.02 Å². The standard InChI is InChI=1S/C24H28ClF3N2O4/c1-14-17(23(32)29-20-4-2-3-5-22(20)31)11-21(30(14)12-16-13-33-8-9-34-16)18-10-15(24(26,27)28)6-7-19(18)25/h6-7,10-11,16,20,22,31H,2-5,8-9,12-13H2,1H3,(H,29,32)/t16?,20-,22-/m1/s1. The molecule has 6 nitrogen and oxygen atoms in total. The van der Waals surface area contributed by atoms with Gasteiger partial charge >= 0.3 is 6.18 Å². The van der Waals surface area contributed by atoms with Crippen LogP contribution in [0.5, 0.6) is 0 Å². The lowest BCUT2D eigenvalue weighted by Crippen LogP contribution is -2.45. The Morgan fingerprint density at radius 3 is 2.68 bits per heavy atom. The van der Waals surface area contributed by atoms with Crippen LogP contribution in [-0.4, -0.2) is 53.7 Å². The molecule has 2 aliphatic rings. The van der Waals surface area contributed by atoms with E-state index in [2.05, 4.69) is 5.32 Å². The van der Waals surface area contributed by atoms with Crippen LogP contribution in [0.25, 0.3) is 11.3 Å². The Morgan fingerprint density at radius 2 is 2.00 bits per heavy atom. The van der Waals surface area contributed by atoms with Crippen molar-refractivity contribution < 1.29 is 32.5 Å². The van der Waals surface area contributed by atoms with Crippen LogP contribution in [-0.2, 0) is 22.2 Å². The smallest absolute Gasteiger partial charge is 0.391 e. The third-order valence-corrected chi connectivity index (χ3v) is 6.83. The van der Waals surface area contributed by atoms with Gasteiger partial charge in [-0.3, -0.25) is 4.79 Å². The van der Waals surface area contributed by atoms with Crippen molar-refractivity contribution in [2.45, 2.75) is 63.6 Å². The maximum Gasteiger partial charge on any atom is 0.416 e. The van der Waals surface area contributed by atoms with Gasteiger partial charge in [0.1, 0.15) is 0 Å². The largest absolute Gasteiger partial charge is 0.416 e. The van der Waals surface area contributed by atoms with E-state index in [0.29, 0.717) is 49.6 Å². The van der Waals surface area contributed by atoms with Gasteiger partial charge in [0.25, 0.3) is 5.91 Å². The van der Waals surface area contributed by atoms with Gasteiger partial charge in [-0.25, -0.2) is 0 Å². The highest BCUT2D eigenvalue weighted by atomic mass is 35.5. The summed E-state index contributed by atoms with van der Waals surface area (Å²) in [7, 11) is 0. The lowest BCUT2D eigenvalue weighted by molar-refractivity contribution is -0.137. The van der Waals surface area contributed by atoms with E-state index in [0.717, 1.165) is 25.0 Å². The molecule has 1 saturated heterocycles. The Hall–Kier alpha value is -2.07. The zero-order chi connectivity index (χ0) is 24.5. The van der Waals surface area contributed by atoms with Gasteiger partial charge in [-0.05, 0) is 44.0 Å². The highest BCUT2D eigenvalue weighted by Gasteiger charge is 2.32. The number of carbonyl (C=O) groups excluding carboxylic acids is 1. The van der Waals surface area contributed by atoms with E-state index < -0.39 is 17.8 Å². The third kappa shape index (κ3) is 5.43. The summed E-state index contributed by atoms with van der Waals surface area (Å²) in [6.07, 6.45) is -2.37. The summed E-state index contributed by atoms with van der Waals surface area (Å²) in [6, 6.07) is 4.34. The average Bonchev–Trinajstić information content (AvgIpc) is 3.11. The van der Waals surface area contributed by atoms with Crippen molar-refractivity contribution in [1.29, 1.82) is 0 Å². The fourth-order valence-corrected chi connectivity index (χ4v) is 4.82. The number of rotatable bonds is 5. The molecule has 2 heterocycles. The number of hydrogen-bond acceptors (Lipinski definition) is 4. The lowest BCUT2D eigenvalue weighted by Gasteiger charge is -2.28. The summed E-state index contributed by atoms with van der Waals surface area (Å²) >= 11 is 6.34. The van der Waals surface area contributed by atoms with Gasteiger partial charge in [0.05, 0.1) is 61.4 Å². The summed E-state index contributed by atoms with van der Waals surface area (Å²) in [6.45, 7) is 3.25. The molecule has 2 aromatic rings. The number of aliphatic hydroxyl groups is 1. The van der Waals surface area contributed by atoms with E-state index in [9.17, 15) is 23.1 Å². The number of nitrogens with zero attached hydrogens (tertiary/aromatic N) is 1. The van der Waals surface area contributed by atoms with Gasteiger partial charge in [0.15, 0.2) is 0 Å². The van der Waals surface area contributed by atoms with Crippen LogP contribution >= 0.6 is 11.6 Å². The molecule has 34 heavy (non-hydrogen) atoms. The summed E-state index contributed by atoms with van der Waals surface area (Å²) in [5, 5.41) is 13.3. The summed E-state index contributed by atoms with van der Waals surface area (Å²) in [4.78, 5) is 13.2. The minimum Gasteiger partial charge on any atom is -0.391 e. The number of hydrogen-bond donors (Lipinski definition) is 2. The molecule has 1 unspecified atom stereocenters. The van der Waals surface area contributed by atoms with E-state index >= 15 is 0 Å². The van der Waals surface area contributed by atoms with Crippen molar-refractivity contribution in [3.63, 3.8) is 0 Å². The number of benzene rings is 1. The average molecular weight is 501 g/mol. The van der Waals surface area contributed by atoms with Gasteiger partial charge < -0.3 is 24.5 Å². The molecule has 1 saturated carbocycles. The van der Waals surface area contributed by atoms with Gasteiger partial charge in [-0.15, -0.1) is 0 Å². The predicted octanol–water partition coefficient (Wildman–Crippen LogP) is 4.58. The minimum absolute atomic E-state index is 0.141. The number of nitrogens with one attached hydrogen (secondary N) is 1. The van der Waals surface area contributed by atoms with E-state index in [4.69, 9.17) is 21.1 Å². The zero-order valence-electron chi connectivity index (χ0n) is 18.8. The fourth-order valence-electron chi connectivity index (χ4n) is 4.60. The normalized spacial score (nSPS) is 23.6. The Balaban J connectivity index is 1.73. The van der Waals surface area contributed by atoms with Gasteiger partial charge in [-0.1, -0.05) is 24.4 Å². The van der Waals surface area contributed by atoms with Gasteiger partial charge in [0, 0.05) is 16.3 Å². The highest BCUT2D eigenvalue weighted by molar-refractivity contribution is 6.33. The number of aliphatic hydroxyl groups excluding tert-OH is 1. The maximum atomic E-state index is 13.4. The van der Waals surface area contributed by atoms with Crippen LogP contribution in [0.3, 0.4) is 0 Å². The Morgan fingerprint density at radius 1 is 1.24 bits per heavy atom. The maximum absolute atomic E-state index is 13.4. The first-order chi connectivity index (χ1) is 16.1. The lowest BCUT2D eigenvalue weighted by atomic mass is 9.92. The first-order valence-corrected chi connectivity index (χ1v) is 11.8. The van der Waals surface area contributed by atoms with Crippen LogP contribution in [0.15, 0.2) is 24.3 Å². The number of halogens is 4. The molecule has 1 aliphatic heterocycles. The molecule has 1 amide bonds. The molecular formula is C24H28ClF3N2O4. The molecule has 186 valence electrons. The topological polar surface area (TPSA) is 72.7 Å². The monoisotopic (exact) mass is 500 g/mol. The Kier molecular flexibility index (Phi) is 7.57. The van der Waals surface area contributed by atoms with Crippen molar-refractivity contribution >= 4 is 17.5 Å². The van der Waals surface area contributed by atoms with E-state index in [1.807, 2.05) is 0 Å². The molecule has 0 bridgehead atoms.